The zero-order valence-electron chi connectivity index (χ0n) is 10.3. The minimum atomic E-state index is -0.0231. The molecule has 0 saturated heterocycles. The minimum Gasteiger partial charge on any atom is -0.345 e. The second kappa shape index (κ2) is 4.94. The molecule has 0 unspecified atom stereocenters. The van der Waals surface area contributed by atoms with Gasteiger partial charge in [-0.15, -0.1) is 0 Å². The van der Waals surface area contributed by atoms with Crippen LogP contribution in [0, 0.1) is 0 Å². The SMILES string of the molecule is O=C(Cc1ccc2nc[nH]c2c1)Nc1ccccc1. The number of para-hydroxylation sites is 1. The summed E-state index contributed by atoms with van der Waals surface area (Å²) in [5, 5.41) is 2.87. The van der Waals surface area contributed by atoms with Crippen LogP contribution in [0.4, 0.5) is 5.69 Å². The molecule has 0 aliphatic rings. The molecule has 3 aromatic rings. The Morgan fingerprint density at radius 1 is 1.16 bits per heavy atom. The first-order valence-electron chi connectivity index (χ1n) is 6.08. The Balaban J connectivity index is 1.72. The molecule has 2 aromatic carbocycles. The number of benzene rings is 2. The van der Waals surface area contributed by atoms with Crippen LogP contribution in [-0.2, 0) is 11.2 Å². The van der Waals surface area contributed by atoms with Crippen LogP contribution in [0.5, 0.6) is 0 Å². The quantitative estimate of drug-likeness (QED) is 0.752. The van der Waals surface area contributed by atoms with Gasteiger partial charge in [-0.3, -0.25) is 4.79 Å². The number of carbonyl (C=O) groups is 1. The third-order valence-electron chi connectivity index (χ3n) is 2.91. The summed E-state index contributed by atoms with van der Waals surface area (Å²) in [6, 6.07) is 15.2. The maximum Gasteiger partial charge on any atom is 0.228 e. The van der Waals surface area contributed by atoms with Crippen molar-refractivity contribution >= 4 is 22.6 Å². The van der Waals surface area contributed by atoms with Crippen LogP contribution < -0.4 is 5.32 Å². The minimum absolute atomic E-state index is 0.0231. The molecule has 0 fully saturated rings. The Morgan fingerprint density at radius 3 is 2.84 bits per heavy atom. The maximum absolute atomic E-state index is 11.9. The molecule has 4 nitrogen and oxygen atoms in total. The van der Waals surface area contributed by atoms with Crippen LogP contribution in [0.1, 0.15) is 5.56 Å². The van der Waals surface area contributed by atoms with Gasteiger partial charge in [0.05, 0.1) is 23.8 Å². The number of imidazole rings is 1. The first-order chi connectivity index (χ1) is 9.31. The zero-order valence-corrected chi connectivity index (χ0v) is 10.3. The molecular formula is C15H13N3O. The van der Waals surface area contributed by atoms with Crippen LogP contribution in [0.25, 0.3) is 11.0 Å². The first-order valence-corrected chi connectivity index (χ1v) is 6.08. The number of fused-ring (bicyclic) bond motifs is 1. The van der Waals surface area contributed by atoms with E-state index >= 15 is 0 Å². The lowest BCUT2D eigenvalue weighted by Crippen LogP contribution is -2.14. The fraction of sp³-hybridized carbons (Fsp3) is 0.0667. The maximum atomic E-state index is 11.9. The highest BCUT2D eigenvalue weighted by atomic mass is 16.1. The lowest BCUT2D eigenvalue weighted by Gasteiger charge is -2.05. The van der Waals surface area contributed by atoms with Crippen molar-refractivity contribution in [3.8, 4) is 0 Å². The van der Waals surface area contributed by atoms with Crippen molar-refractivity contribution in [2.75, 3.05) is 5.32 Å². The molecule has 0 aliphatic carbocycles. The Hall–Kier alpha value is -2.62. The molecule has 0 radical (unpaired) electrons. The number of aromatic amines is 1. The largest absolute Gasteiger partial charge is 0.345 e. The van der Waals surface area contributed by atoms with Gasteiger partial charge < -0.3 is 10.3 Å². The summed E-state index contributed by atoms with van der Waals surface area (Å²) in [6.45, 7) is 0. The summed E-state index contributed by atoms with van der Waals surface area (Å²) in [5.74, 6) is -0.0231. The number of nitrogens with one attached hydrogen (secondary N) is 2. The zero-order chi connectivity index (χ0) is 13.1. The number of amides is 1. The second-order valence-corrected chi connectivity index (χ2v) is 4.35. The van der Waals surface area contributed by atoms with Crippen LogP contribution in [0.2, 0.25) is 0 Å². The first kappa shape index (κ1) is 11.5. The molecular weight excluding hydrogens is 238 g/mol. The van der Waals surface area contributed by atoms with Crippen molar-refractivity contribution < 1.29 is 4.79 Å². The van der Waals surface area contributed by atoms with E-state index in [1.54, 1.807) is 6.33 Å². The highest BCUT2D eigenvalue weighted by molar-refractivity contribution is 5.92. The van der Waals surface area contributed by atoms with Crippen LogP contribution in [0.3, 0.4) is 0 Å². The number of hydrogen-bond donors (Lipinski definition) is 2. The number of aromatic nitrogens is 2. The summed E-state index contributed by atoms with van der Waals surface area (Å²) in [7, 11) is 0. The van der Waals surface area contributed by atoms with E-state index < -0.39 is 0 Å². The second-order valence-electron chi connectivity index (χ2n) is 4.35. The highest BCUT2D eigenvalue weighted by Gasteiger charge is 2.05. The number of carbonyl (C=O) groups excluding carboxylic acids is 1. The van der Waals surface area contributed by atoms with Crippen molar-refractivity contribution in [3.63, 3.8) is 0 Å². The molecule has 0 aliphatic heterocycles. The van der Waals surface area contributed by atoms with E-state index in [0.717, 1.165) is 22.3 Å². The Labute approximate surface area is 110 Å². The van der Waals surface area contributed by atoms with Crippen LogP contribution in [-0.4, -0.2) is 15.9 Å². The van der Waals surface area contributed by atoms with Crippen LogP contribution >= 0.6 is 0 Å². The predicted molar refractivity (Wildman–Crippen MR) is 74.9 cm³/mol. The van der Waals surface area contributed by atoms with E-state index in [1.165, 1.54) is 0 Å². The van der Waals surface area contributed by atoms with Gasteiger partial charge in [-0.25, -0.2) is 4.98 Å². The van der Waals surface area contributed by atoms with Crippen molar-refractivity contribution in [1.82, 2.24) is 9.97 Å². The molecule has 3 rings (SSSR count). The van der Waals surface area contributed by atoms with Crippen molar-refractivity contribution in [2.24, 2.45) is 0 Å². The van der Waals surface area contributed by atoms with Gasteiger partial charge >= 0.3 is 0 Å². The standard InChI is InChI=1S/C15H13N3O/c19-15(18-12-4-2-1-3-5-12)9-11-6-7-13-14(8-11)17-10-16-13/h1-8,10H,9H2,(H,16,17)(H,18,19). The summed E-state index contributed by atoms with van der Waals surface area (Å²) in [4.78, 5) is 19.1. The number of nitrogens with zero attached hydrogens (tertiary/aromatic N) is 1. The average molecular weight is 251 g/mol. The van der Waals surface area contributed by atoms with E-state index in [4.69, 9.17) is 0 Å². The van der Waals surface area contributed by atoms with Crippen molar-refractivity contribution in [1.29, 1.82) is 0 Å². The number of H-pyrrole nitrogens is 1. The smallest absolute Gasteiger partial charge is 0.228 e. The van der Waals surface area contributed by atoms with Gasteiger partial charge in [0.2, 0.25) is 5.91 Å². The van der Waals surface area contributed by atoms with Crippen LogP contribution in [0.15, 0.2) is 54.9 Å². The highest BCUT2D eigenvalue weighted by Crippen LogP contribution is 2.13. The molecule has 0 atom stereocenters. The molecule has 1 aromatic heterocycles. The normalized spacial score (nSPS) is 10.5. The molecule has 19 heavy (non-hydrogen) atoms. The van der Waals surface area contributed by atoms with E-state index in [-0.39, 0.29) is 5.91 Å². The molecule has 0 bridgehead atoms. The van der Waals surface area contributed by atoms with Gasteiger partial charge in [0, 0.05) is 5.69 Å². The summed E-state index contributed by atoms with van der Waals surface area (Å²) >= 11 is 0. The molecule has 4 heteroatoms. The lowest BCUT2D eigenvalue weighted by molar-refractivity contribution is -0.115. The molecule has 0 spiro atoms. The third kappa shape index (κ3) is 2.63. The topological polar surface area (TPSA) is 57.8 Å². The molecule has 94 valence electrons. The van der Waals surface area contributed by atoms with E-state index in [1.807, 2.05) is 48.5 Å². The summed E-state index contributed by atoms with van der Waals surface area (Å²) < 4.78 is 0. The van der Waals surface area contributed by atoms with Gasteiger partial charge in [-0.1, -0.05) is 24.3 Å². The Morgan fingerprint density at radius 2 is 2.00 bits per heavy atom. The molecule has 1 amide bonds. The average Bonchev–Trinajstić information content (AvgIpc) is 2.87. The van der Waals surface area contributed by atoms with Gasteiger partial charge in [0.15, 0.2) is 0 Å². The summed E-state index contributed by atoms with van der Waals surface area (Å²) in [5.41, 5.74) is 3.64. The molecule has 2 N–H and O–H groups in total. The van der Waals surface area contributed by atoms with E-state index in [2.05, 4.69) is 15.3 Å². The fourth-order valence-electron chi connectivity index (χ4n) is 2.00. The number of hydrogen-bond acceptors (Lipinski definition) is 2. The summed E-state index contributed by atoms with van der Waals surface area (Å²) in [6.07, 6.45) is 2.00. The van der Waals surface area contributed by atoms with Gasteiger partial charge in [0.1, 0.15) is 0 Å². The number of rotatable bonds is 3. The fourth-order valence-corrected chi connectivity index (χ4v) is 2.00. The third-order valence-corrected chi connectivity index (χ3v) is 2.91. The monoisotopic (exact) mass is 251 g/mol. The molecule has 1 heterocycles. The van der Waals surface area contributed by atoms with Gasteiger partial charge in [0.25, 0.3) is 0 Å². The van der Waals surface area contributed by atoms with Gasteiger partial charge in [-0.05, 0) is 29.8 Å². The van der Waals surface area contributed by atoms with E-state index in [0.29, 0.717) is 6.42 Å². The number of anilines is 1. The van der Waals surface area contributed by atoms with Gasteiger partial charge in [-0.2, -0.15) is 0 Å². The van der Waals surface area contributed by atoms with Crippen molar-refractivity contribution in [2.45, 2.75) is 6.42 Å². The Bertz CT molecular complexity index is 703. The lowest BCUT2D eigenvalue weighted by atomic mass is 10.1. The predicted octanol–water partition coefficient (Wildman–Crippen LogP) is 2.74. The van der Waals surface area contributed by atoms with E-state index in [9.17, 15) is 4.79 Å². The van der Waals surface area contributed by atoms with Crippen molar-refractivity contribution in [3.05, 3.63) is 60.4 Å². The molecule has 0 saturated carbocycles. The Kier molecular flexibility index (Phi) is 2.98.